The molecule has 0 N–H and O–H groups in total. The molecule has 0 aromatic heterocycles. The zero-order chi connectivity index (χ0) is 20.2. The zero-order valence-corrected chi connectivity index (χ0v) is 17.7. The molecule has 0 saturated heterocycles. The molecule has 1 atom stereocenters. The van der Waals surface area contributed by atoms with Gasteiger partial charge in [0.25, 0.3) is 0 Å². The summed E-state index contributed by atoms with van der Waals surface area (Å²) in [5, 5.41) is 0. The molecule has 25 heavy (non-hydrogen) atoms. The standard InChI is InChI=1S/C18H25FO2.2C2H6/c1-11(7-6-8-12(2)19)9-10-16-15(5)17(20)13(3)14(4)18(16)21;2*1-2/h8,11H,6-7,9-10H2,1-5H3;2*1-2H3/b12-8-;;. The summed E-state index contributed by atoms with van der Waals surface area (Å²) in [5.74, 6) is 0.253. The predicted octanol–water partition coefficient (Wildman–Crippen LogP) is 6.91. The lowest BCUT2D eigenvalue weighted by Crippen LogP contribution is -2.21. The Labute approximate surface area is 154 Å². The van der Waals surface area contributed by atoms with Crippen LogP contribution >= 0.6 is 0 Å². The topological polar surface area (TPSA) is 34.1 Å². The molecule has 3 heteroatoms. The van der Waals surface area contributed by atoms with E-state index in [9.17, 15) is 14.0 Å². The van der Waals surface area contributed by atoms with Gasteiger partial charge in [-0.05, 0) is 59.3 Å². The number of carbonyl (C=O) groups excluding carboxylic acids is 2. The first-order valence-corrected chi connectivity index (χ1v) is 9.54. The summed E-state index contributed by atoms with van der Waals surface area (Å²) in [6.07, 6.45) is 4.67. The summed E-state index contributed by atoms with van der Waals surface area (Å²) >= 11 is 0. The highest BCUT2D eigenvalue weighted by Gasteiger charge is 2.27. The van der Waals surface area contributed by atoms with Crippen LogP contribution in [0.4, 0.5) is 4.39 Å². The fraction of sp³-hybridized carbons (Fsp3) is 0.636. The summed E-state index contributed by atoms with van der Waals surface area (Å²) in [7, 11) is 0. The van der Waals surface area contributed by atoms with Crippen LogP contribution in [0.1, 0.15) is 88.0 Å². The fourth-order valence-corrected chi connectivity index (χ4v) is 2.56. The smallest absolute Gasteiger partial charge is 0.185 e. The lowest BCUT2D eigenvalue weighted by molar-refractivity contribution is -0.116. The Morgan fingerprint density at radius 3 is 1.88 bits per heavy atom. The molecular weight excluding hydrogens is 315 g/mol. The Kier molecular flexibility index (Phi) is 14.1. The number of Topliss-reactive ketones (excluding diaryl/α,β-unsaturated/α-hetero) is 2. The average molecular weight is 353 g/mol. The molecule has 0 bridgehead atoms. The van der Waals surface area contributed by atoms with Gasteiger partial charge in [-0.3, -0.25) is 9.59 Å². The molecular formula is C22H37FO2. The summed E-state index contributed by atoms with van der Waals surface area (Å²) < 4.78 is 12.6. The van der Waals surface area contributed by atoms with Gasteiger partial charge in [0.1, 0.15) is 0 Å². The van der Waals surface area contributed by atoms with Crippen LogP contribution in [0.15, 0.2) is 34.2 Å². The van der Waals surface area contributed by atoms with Gasteiger partial charge in [-0.1, -0.05) is 40.7 Å². The van der Waals surface area contributed by atoms with Crippen molar-refractivity contribution < 1.29 is 14.0 Å². The van der Waals surface area contributed by atoms with E-state index in [-0.39, 0.29) is 17.4 Å². The highest BCUT2D eigenvalue weighted by Crippen LogP contribution is 2.28. The van der Waals surface area contributed by atoms with Crippen molar-refractivity contribution in [2.24, 2.45) is 5.92 Å². The van der Waals surface area contributed by atoms with Crippen molar-refractivity contribution in [2.75, 3.05) is 0 Å². The first-order valence-electron chi connectivity index (χ1n) is 9.54. The summed E-state index contributed by atoms with van der Waals surface area (Å²) in [4.78, 5) is 24.3. The Morgan fingerprint density at radius 1 is 0.920 bits per heavy atom. The van der Waals surface area contributed by atoms with Crippen molar-refractivity contribution in [1.82, 2.24) is 0 Å². The molecule has 0 aromatic rings. The predicted molar refractivity (Wildman–Crippen MR) is 106 cm³/mol. The third-order valence-electron chi connectivity index (χ3n) is 4.28. The third-order valence-corrected chi connectivity index (χ3v) is 4.28. The van der Waals surface area contributed by atoms with E-state index >= 15 is 0 Å². The van der Waals surface area contributed by atoms with Gasteiger partial charge in [-0.2, -0.15) is 0 Å². The van der Waals surface area contributed by atoms with E-state index in [1.807, 2.05) is 27.7 Å². The normalized spacial score (nSPS) is 16.2. The highest BCUT2D eigenvalue weighted by molar-refractivity contribution is 6.24. The molecule has 0 aromatic carbocycles. The molecule has 1 aliphatic carbocycles. The number of halogens is 1. The number of allylic oxidation sites excluding steroid dienone is 6. The molecule has 1 rings (SSSR count). The average Bonchev–Trinajstić information content (AvgIpc) is 2.61. The van der Waals surface area contributed by atoms with Crippen molar-refractivity contribution in [3.8, 4) is 0 Å². The SMILES string of the molecule is CC.CC.CC1=C(C)C(=O)C(CCC(C)CC/C=C(/C)F)=C(C)C1=O. The van der Waals surface area contributed by atoms with Crippen LogP contribution in [0.2, 0.25) is 0 Å². The number of carbonyl (C=O) groups is 2. The van der Waals surface area contributed by atoms with Gasteiger partial charge in [-0.15, -0.1) is 0 Å². The van der Waals surface area contributed by atoms with E-state index in [0.29, 0.717) is 41.1 Å². The summed E-state index contributed by atoms with van der Waals surface area (Å²) in [5.41, 5.74) is 2.39. The maximum absolute atomic E-state index is 12.6. The van der Waals surface area contributed by atoms with Gasteiger partial charge in [0.05, 0.1) is 5.83 Å². The van der Waals surface area contributed by atoms with E-state index in [1.54, 1.807) is 26.8 Å². The molecule has 0 radical (unpaired) electrons. The van der Waals surface area contributed by atoms with Gasteiger partial charge in [-0.25, -0.2) is 4.39 Å². The maximum Gasteiger partial charge on any atom is 0.185 e. The Morgan fingerprint density at radius 2 is 1.40 bits per heavy atom. The molecule has 0 heterocycles. The first-order chi connectivity index (χ1) is 11.8. The van der Waals surface area contributed by atoms with Crippen molar-refractivity contribution in [1.29, 1.82) is 0 Å². The number of hydrogen-bond acceptors (Lipinski definition) is 2. The highest BCUT2D eigenvalue weighted by atomic mass is 19.1. The van der Waals surface area contributed by atoms with Crippen molar-refractivity contribution in [3.63, 3.8) is 0 Å². The molecule has 0 aliphatic heterocycles. The number of rotatable bonds is 6. The molecule has 2 nitrogen and oxygen atoms in total. The minimum absolute atomic E-state index is 0.00857. The number of hydrogen-bond donors (Lipinski definition) is 0. The third kappa shape index (κ3) is 8.42. The second-order valence-electron chi connectivity index (χ2n) is 6.02. The van der Waals surface area contributed by atoms with Gasteiger partial charge in [0, 0.05) is 22.3 Å². The zero-order valence-electron chi connectivity index (χ0n) is 17.7. The van der Waals surface area contributed by atoms with Gasteiger partial charge >= 0.3 is 0 Å². The van der Waals surface area contributed by atoms with Crippen molar-refractivity contribution >= 4 is 11.6 Å². The molecule has 1 aliphatic rings. The fourth-order valence-electron chi connectivity index (χ4n) is 2.56. The summed E-state index contributed by atoms with van der Waals surface area (Å²) in [6, 6.07) is 0. The monoisotopic (exact) mass is 352 g/mol. The van der Waals surface area contributed by atoms with Crippen LogP contribution in [0.25, 0.3) is 0 Å². The molecule has 1 unspecified atom stereocenters. The molecule has 0 spiro atoms. The van der Waals surface area contributed by atoms with Crippen LogP contribution in [0.3, 0.4) is 0 Å². The largest absolute Gasteiger partial charge is 0.289 e. The van der Waals surface area contributed by atoms with Crippen LogP contribution in [0, 0.1) is 5.92 Å². The Hall–Kier alpha value is -1.51. The first kappa shape index (κ1) is 25.7. The molecule has 0 saturated carbocycles. The molecule has 144 valence electrons. The van der Waals surface area contributed by atoms with Gasteiger partial charge in [0.2, 0.25) is 0 Å². The second kappa shape index (κ2) is 13.7. The molecule has 0 amide bonds. The van der Waals surface area contributed by atoms with Crippen LogP contribution in [-0.4, -0.2) is 11.6 Å². The van der Waals surface area contributed by atoms with Crippen LogP contribution in [0.5, 0.6) is 0 Å². The summed E-state index contributed by atoms with van der Waals surface area (Å²) in [6.45, 7) is 16.7. The minimum atomic E-state index is -0.148. The Balaban J connectivity index is 0. The Bertz CT molecular complexity index is 532. The van der Waals surface area contributed by atoms with E-state index in [4.69, 9.17) is 0 Å². The maximum atomic E-state index is 12.6. The van der Waals surface area contributed by atoms with Crippen molar-refractivity contribution in [3.05, 3.63) is 34.2 Å². The van der Waals surface area contributed by atoms with E-state index in [0.717, 1.165) is 12.8 Å². The van der Waals surface area contributed by atoms with E-state index in [1.165, 1.54) is 6.92 Å². The van der Waals surface area contributed by atoms with Gasteiger partial charge in [0.15, 0.2) is 11.6 Å². The van der Waals surface area contributed by atoms with Crippen LogP contribution < -0.4 is 0 Å². The van der Waals surface area contributed by atoms with Crippen LogP contribution in [-0.2, 0) is 9.59 Å². The van der Waals surface area contributed by atoms with E-state index in [2.05, 4.69) is 6.92 Å². The van der Waals surface area contributed by atoms with E-state index < -0.39 is 0 Å². The quantitative estimate of drug-likeness (QED) is 0.486. The van der Waals surface area contributed by atoms with Crippen molar-refractivity contribution in [2.45, 2.75) is 88.0 Å². The lowest BCUT2D eigenvalue weighted by atomic mass is 9.83. The minimum Gasteiger partial charge on any atom is -0.289 e. The molecule has 0 fully saturated rings. The second-order valence-corrected chi connectivity index (χ2v) is 6.02. The number of ketones is 2. The lowest BCUT2D eigenvalue weighted by Gasteiger charge is -2.19. The van der Waals surface area contributed by atoms with Gasteiger partial charge < -0.3 is 0 Å².